The van der Waals surface area contributed by atoms with Crippen LogP contribution in [-0.4, -0.2) is 43.2 Å². The van der Waals surface area contributed by atoms with E-state index >= 15 is 0 Å². The third-order valence-corrected chi connectivity index (χ3v) is 3.99. The Morgan fingerprint density at radius 1 is 1.58 bits per heavy atom. The molecule has 2 unspecified atom stereocenters. The van der Waals surface area contributed by atoms with Crippen LogP contribution in [0, 0.1) is 12.8 Å². The van der Waals surface area contributed by atoms with E-state index in [1.165, 1.54) is 24.0 Å². The maximum Gasteiger partial charge on any atom is 0.0506 e. The van der Waals surface area contributed by atoms with Gasteiger partial charge in [0, 0.05) is 38.1 Å². The van der Waals surface area contributed by atoms with Crippen LogP contribution < -0.4 is 5.73 Å². The molecule has 0 saturated carbocycles. The second-order valence-electron chi connectivity index (χ2n) is 5.51. The molecule has 2 rings (SSSR count). The Kier molecular flexibility index (Phi) is 5.31. The number of hydrogen-bond donors (Lipinski definition) is 1. The van der Waals surface area contributed by atoms with Gasteiger partial charge in [0.05, 0.1) is 6.61 Å². The van der Waals surface area contributed by atoms with Crippen LogP contribution in [0.25, 0.3) is 0 Å². The summed E-state index contributed by atoms with van der Waals surface area (Å²) in [7, 11) is 2.15. The topological polar surface area (TPSA) is 51.4 Å². The van der Waals surface area contributed by atoms with Crippen LogP contribution >= 0.6 is 0 Å². The minimum Gasteiger partial charge on any atom is -0.381 e. The van der Waals surface area contributed by atoms with E-state index in [0.29, 0.717) is 12.5 Å². The van der Waals surface area contributed by atoms with Gasteiger partial charge in [-0.2, -0.15) is 0 Å². The Balaban J connectivity index is 2.02. The summed E-state index contributed by atoms with van der Waals surface area (Å²) >= 11 is 0. The number of pyridine rings is 1. The molecular formula is C15H25N3O. The molecule has 0 bridgehead atoms. The predicted molar refractivity (Wildman–Crippen MR) is 76.9 cm³/mol. The Morgan fingerprint density at radius 3 is 3.05 bits per heavy atom. The number of hydrogen-bond acceptors (Lipinski definition) is 4. The van der Waals surface area contributed by atoms with Gasteiger partial charge in [-0.15, -0.1) is 0 Å². The quantitative estimate of drug-likeness (QED) is 0.879. The van der Waals surface area contributed by atoms with E-state index < -0.39 is 0 Å². The Labute approximate surface area is 116 Å². The zero-order chi connectivity index (χ0) is 13.7. The van der Waals surface area contributed by atoms with E-state index in [-0.39, 0.29) is 6.04 Å². The summed E-state index contributed by atoms with van der Waals surface area (Å²) in [6.45, 7) is 5.58. The lowest BCUT2D eigenvalue weighted by Crippen LogP contribution is -2.37. The molecule has 0 aromatic carbocycles. The zero-order valence-electron chi connectivity index (χ0n) is 12.0. The van der Waals surface area contributed by atoms with Gasteiger partial charge in [0.1, 0.15) is 0 Å². The van der Waals surface area contributed by atoms with Crippen molar-refractivity contribution in [2.45, 2.75) is 25.8 Å². The van der Waals surface area contributed by atoms with Crippen LogP contribution in [0.1, 0.15) is 30.0 Å². The molecule has 106 valence electrons. The Hall–Kier alpha value is -0.970. The molecule has 1 aliphatic rings. The molecule has 4 heteroatoms. The summed E-state index contributed by atoms with van der Waals surface area (Å²) in [5.74, 6) is 0.629. The van der Waals surface area contributed by atoms with Crippen LogP contribution in [0.4, 0.5) is 0 Å². The summed E-state index contributed by atoms with van der Waals surface area (Å²) in [6, 6.07) is 2.30. The number of nitrogens with zero attached hydrogens (tertiary/aromatic N) is 2. The first-order valence-electron chi connectivity index (χ1n) is 7.11. The van der Waals surface area contributed by atoms with E-state index in [1.807, 2.05) is 12.4 Å². The molecule has 1 fully saturated rings. The van der Waals surface area contributed by atoms with Gasteiger partial charge in [0.2, 0.25) is 0 Å². The second kappa shape index (κ2) is 6.98. The van der Waals surface area contributed by atoms with Gasteiger partial charge in [-0.25, -0.2) is 0 Å². The highest BCUT2D eigenvalue weighted by molar-refractivity contribution is 5.25. The molecule has 2 atom stereocenters. The third kappa shape index (κ3) is 3.75. The largest absolute Gasteiger partial charge is 0.381 e. The molecule has 1 aliphatic heterocycles. The summed E-state index contributed by atoms with van der Waals surface area (Å²) in [6.07, 6.45) is 6.22. The number of likely N-dealkylation sites (N-methyl/N-ethyl adjacent to an activating group) is 1. The highest BCUT2D eigenvalue weighted by Crippen LogP contribution is 2.23. The van der Waals surface area contributed by atoms with Gasteiger partial charge >= 0.3 is 0 Å². The van der Waals surface area contributed by atoms with Crippen molar-refractivity contribution in [3.63, 3.8) is 0 Å². The molecule has 19 heavy (non-hydrogen) atoms. The van der Waals surface area contributed by atoms with Gasteiger partial charge in [0.15, 0.2) is 0 Å². The number of aromatic nitrogens is 1. The smallest absolute Gasteiger partial charge is 0.0506 e. The highest BCUT2D eigenvalue weighted by atomic mass is 16.5. The molecule has 1 saturated heterocycles. The van der Waals surface area contributed by atoms with Crippen molar-refractivity contribution < 1.29 is 4.74 Å². The molecule has 1 aromatic heterocycles. The fourth-order valence-electron chi connectivity index (χ4n) is 2.86. The fraction of sp³-hybridized carbons (Fsp3) is 0.667. The molecule has 2 heterocycles. The Bertz CT molecular complexity index is 391. The van der Waals surface area contributed by atoms with Crippen molar-refractivity contribution in [2.75, 3.05) is 33.4 Å². The molecule has 2 N–H and O–H groups in total. The van der Waals surface area contributed by atoms with E-state index in [0.717, 1.165) is 19.8 Å². The van der Waals surface area contributed by atoms with Gasteiger partial charge in [-0.05, 0) is 49.9 Å². The van der Waals surface area contributed by atoms with Crippen molar-refractivity contribution in [3.05, 3.63) is 29.6 Å². The highest BCUT2D eigenvalue weighted by Gasteiger charge is 2.22. The normalized spacial score (nSPS) is 21.6. The molecular weight excluding hydrogens is 238 g/mol. The number of nitrogens with two attached hydrogens (primary N) is 1. The van der Waals surface area contributed by atoms with Gasteiger partial charge in [-0.1, -0.05) is 0 Å². The fourth-order valence-corrected chi connectivity index (χ4v) is 2.86. The first kappa shape index (κ1) is 14.4. The summed E-state index contributed by atoms with van der Waals surface area (Å²) in [5, 5.41) is 0. The average molecular weight is 263 g/mol. The maximum absolute atomic E-state index is 5.98. The molecule has 0 aliphatic carbocycles. The lowest BCUT2D eigenvalue weighted by Gasteiger charge is -2.32. The lowest BCUT2D eigenvalue weighted by atomic mass is 9.98. The second-order valence-corrected chi connectivity index (χ2v) is 5.51. The number of ether oxygens (including phenoxy) is 1. The summed E-state index contributed by atoms with van der Waals surface area (Å²) < 4.78 is 5.56. The molecule has 4 nitrogen and oxygen atoms in total. The summed E-state index contributed by atoms with van der Waals surface area (Å²) in [4.78, 5) is 6.59. The monoisotopic (exact) mass is 263 g/mol. The Morgan fingerprint density at radius 2 is 2.42 bits per heavy atom. The van der Waals surface area contributed by atoms with Crippen molar-refractivity contribution in [3.8, 4) is 0 Å². The molecule has 0 amide bonds. The van der Waals surface area contributed by atoms with E-state index in [2.05, 4.69) is 29.9 Å². The summed E-state index contributed by atoms with van der Waals surface area (Å²) in [5.41, 5.74) is 8.48. The van der Waals surface area contributed by atoms with Crippen LogP contribution in [0.15, 0.2) is 18.5 Å². The zero-order valence-corrected chi connectivity index (χ0v) is 12.0. The van der Waals surface area contributed by atoms with Gasteiger partial charge < -0.3 is 10.5 Å². The lowest BCUT2D eigenvalue weighted by molar-refractivity contribution is 0.0365. The van der Waals surface area contributed by atoms with Crippen molar-refractivity contribution in [1.82, 2.24) is 9.88 Å². The standard InChI is InChI=1S/C15H25N3O/c1-12-5-6-17-9-14(12)15(8-16)18(2)10-13-4-3-7-19-11-13/h5-6,9,13,15H,3-4,7-8,10-11,16H2,1-2H3. The van der Waals surface area contributed by atoms with Crippen LogP contribution in [0.5, 0.6) is 0 Å². The number of rotatable bonds is 5. The SMILES string of the molecule is Cc1ccncc1C(CN)N(C)CC1CCCOC1. The third-order valence-electron chi connectivity index (χ3n) is 3.99. The predicted octanol–water partition coefficient (Wildman–Crippen LogP) is 1.75. The maximum atomic E-state index is 5.98. The van der Waals surface area contributed by atoms with Crippen LogP contribution in [0.3, 0.4) is 0 Å². The first-order valence-corrected chi connectivity index (χ1v) is 7.11. The molecule has 1 aromatic rings. The van der Waals surface area contributed by atoms with Crippen molar-refractivity contribution in [2.24, 2.45) is 11.7 Å². The minimum atomic E-state index is 0.246. The first-order chi connectivity index (χ1) is 9.22. The van der Waals surface area contributed by atoms with Gasteiger partial charge in [-0.3, -0.25) is 9.88 Å². The van der Waals surface area contributed by atoms with Crippen LogP contribution in [0.2, 0.25) is 0 Å². The molecule has 0 spiro atoms. The average Bonchev–Trinajstić information content (AvgIpc) is 2.43. The van der Waals surface area contributed by atoms with Crippen molar-refractivity contribution >= 4 is 0 Å². The van der Waals surface area contributed by atoms with Crippen molar-refractivity contribution in [1.29, 1.82) is 0 Å². The van der Waals surface area contributed by atoms with E-state index in [1.54, 1.807) is 0 Å². The number of aryl methyl sites for hydroxylation is 1. The van der Waals surface area contributed by atoms with Crippen LogP contribution in [-0.2, 0) is 4.74 Å². The minimum absolute atomic E-state index is 0.246. The molecule has 0 radical (unpaired) electrons. The van der Waals surface area contributed by atoms with E-state index in [9.17, 15) is 0 Å². The van der Waals surface area contributed by atoms with Gasteiger partial charge in [0.25, 0.3) is 0 Å². The van der Waals surface area contributed by atoms with E-state index in [4.69, 9.17) is 10.5 Å².